The monoisotopic (exact) mass is 173 g/mol. The van der Waals surface area contributed by atoms with E-state index in [4.69, 9.17) is 0 Å². The first-order chi connectivity index (χ1) is 4.95. The topological polar surface area (TPSA) is 35.4 Å². The Morgan fingerprint density at radius 3 is 2.18 bits per heavy atom. The molecule has 0 aromatic heterocycles. The van der Waals surface area contributed by atoms with Gasteiger partial charge < -0.3 is 4.55 Å². The molecule has 1 atom stereocenters. The summed E-state index contributed by atoms with van der Waals surface area (Å²) in [5, 5.41) is 0. The van der Waals surface area contributed by atoms with Crippen molar-refractivity contribution in [3.05, 3.63) is 11.5 Å². The maximum absolute atomic E-state index is 11.1. The van der Waals surface area contributed by atoms with E-state index in [1.54, 1.807) is 6.92 Å². The highest BCUT2D eigenvalue weighted by Gasteiger charge is 2.08. The molecule has 0 N–H and O–H groups in total. The Morgan fingerprint density at radius 2 is 1.91 bits per heavy atom. The van der Waals surface area contributed by atoms with Gasteiger partial charge >= 0.3 is 0 Å². The van der Waals surface area contributed by atoms with Crippen LogP contribution in [0.3, 0.4) is 0 Å². The van der Waals surface area contributed by atoms with E-state index >= 15 is 0 Å². The highest BCUT2D eigenvalue weighted by molar-refractivity contribution is 7.94. The zero-order valence-electron chi connectivity index (χ0n) is 7.55. The minimum atomic E-state index is -1.23. The van der Waals surface area contributed by atoms with Crippen LogP contribution < -0.4 is 0 Å². The molecule has 64 valence electrons. The summed E-state index contributed by atoms with van der Waals surface area (Å²) in [5.74, 6) is 0.360. The van der Waals surface area contributed by atoms with Crippen LogP contribution in [0, 0.1) is 5.92 Å². The van der Waals surface area contributed by atoms with E-state index in [1.807, 2.05) is 20.8 Å². The Labute approximate surface area is 71.7 Å². The summed E-state index contributed by atoms with van der Waals surface area (Å²) in [7, 11) is 0. The molecule has 11 heavy (non-hydrogen) atoms. The molecule has 0 aromatic carbocycles. The van der Waals surface area contributed by atoms with Gasteiger partial charge in [0.05, 0.1) is 5.71 Å². The van der Waals surface area contributed by atoms with Gasteiger partial charge in [0.25, 0.3) is 0 Å². The van der Waals surface area contributed by atoms with Crippen molar-refractivity contribution < 1.29 is 4.55 Å². The van der Waals surface area contributed by atoms with Crippen molar-refractivity contribution in [2.45, 2.75) is 27.7 Å². The lowest BCUT2D eigenvalue weighted by Gasteiger charge is -2.05. The van der Waals surface area contributed by atoms with Gasteiger partial charge in [0.15, 0.2) is 0 Å². The third-order valence-corrected chi connectivity index (χ3v) is 2.41. The van der Waals surface area contributed by atoms with Crippen LogP contribution in [0.4, 0.5) is 0 Å². The summed E-state index contributed by atoms with van der Waals surface area (Å²) in [5.41, 5.74) is 0.909. The molecule has 0 bridgehead atoms. The Hall–Kier alpha value is -0.280. The van der Waals surface area contributed by atoms with Crippen molar-refractivity contribution in [1.82, 2.24) is 0 Å². The molecule has 0 saturated heterocycles. The quantitative estimate of drug-likeness (QED) is 0.476. The molecule has 0 unspecified atom stereocenters. The van der Waals surface area contributed by atoms with Gasteiger partial charge in [-0.05, 0) is 19.4 Å². The van der Waals surface area contributed by atoms with Crippen LogP contribution in [-0.4, -0.2) is 10.3 Å². The number of hydrogen-bond acceptors (Lipinski definition) is 2. The summed E-state index contributed by atoms with van der Waals surface area (Å²) in [4.78, 5) is 0.602. The lowest BCUT2D eigenvalue weighted by Crippen LogP contribution is -2.06. The van der Waals surface area contributed by atoms with Crippen LogP contribution in [-0.2, 0) is 11.4 Å². The summed E-state index contributed by atoms with van der Waals surface area (Å²) in [6, 6.07) is 0. The smallest absolute Gasteiger partial charge is 0.149 e. The molecule has 0 fully saturated rings. The van der Waals surface area contributed by atoms with E-state index in [-0.39, 0.29) is 0 Å². The minimum absolute atomic E-state index is 0.360. The first-order valence-electron chi connectivity index (χ1n) is 3.57. The van der Waals surface area contributed by atoms with Crippen LogP contribution in [0.25, 0.3) is 0 Å². The van der Waals surface area contributed by atoms with E-state index in [0.717, 1.165) is 5.71 Å². The first kappa shape index (κ1) is 10.7. The SMILES string of the molecule is C=C(C)[S@+]([O-])/N=C(\C)C(C)C. The van der Waals surface area contributed by atoms with Crippen LogP contribution in [0.15, 0.2) is 15.9 Å². The molecule has 3 heteroatoms. The van der Waals surface area contributed by atoms with E-state index in [0.29, 0.717) is 10.8 Å². The molecular weight excluding hydrogens is 158 g/mol. The van der Waals surface area contributed by atoms with Gasteiger partial charge in [-0.25, -0.2) is 0 Å². The predicted octanol–water partition coefficient (Wildman–Crippen LogP) is 2.30. The van der Waals surface area contributed by atoms with Crippen molar-refractivity contribution in [2.75, 3.05) is 0 Å². The van der Waals surface area contributed by atoms with Gasteiger partial charge in [0.1, 0.15) is 16.3 Å². The Bertz CT molecular complexity index is 175. The average Bonchev–Trinajstić information content (AvgIpc) is 1.87. The van der Waals surface area contributed by atoms with E-state index in [1.165, 1.54) is 0 Å². The van der Waals surface area contributed by atoms with Crippen LogP contribution in [0.1, 0.15) is 27.7 Å². The predicted molar refractivity (Wildman–Crippen MR) is 50.9 cm³/mol. The third kappa shape index (κ3) is 4.22. The maximum atomic E-state index is 11.1. The number of hydrogen-bond donors (Lipinski definition) is 0. The van der Waals surface area contributed by atoms with Gasteiger partial charge in [-0.2, -0.15) is 0 Å². The second kappa shape index (κ2) is 4.57. The molecule has 0 saturated carbocycles. The fourth-order valence-corrected chi connectivity index (χ4v) is 0.942. The van der Waals surface area contributed by atoms with Gasteiger partial charge in [-0.3, -0.25) is 0 Å². The highest BCUT2D eigenvalue weighted by Crippen LogP contribution is 2.07. The standard InChI is InChI=1S/C8H15NOS/c1-6(2)8(5)9-11(10)7(3)4/h6H,3H2,1-2,4-5H3/b9-8+/t11-/m0/s1. The van der Waals surface area contributed by atoms with Gasteiger partial charge in [-0.15, -0.1) is 0 Å². The molecular formula is C8H15NOS. The highest BCUT2D eigenvalue weighted by atomic mass is 32.2. The van der Waals surface area contributed by atoms with Crippen molar-refractivity contribution in [3.63, 3.8) is 0 Å². The Kier molecular flexibility index (Phi) is 4.45. The molecule has 0 aliphatic rings. The first-order valence-corrected chi connectivity index (χ1v) is 4.68. The summed E-state index contributed by atoms with van der Waals surface area (Å²) < 4.78 is 15.0. The van der Waals surface area contributed by atoms with Crippen molar-refractivity contribution in [1.29, 1.82) is 0 Å². The summed E-state index contributed by atoms with van der Waals surface area (Å²) >= 11 is -1.23. The largest absolute Gasteiger partial charge is 0.586 e. The molecule has 0 heterocycles. The fourth-order valence-electron chi connectivity index (χ4n) is 0.314. The maximum Gasteiger partial charge on any atom is 0.149 e. The lowest BCUT2D eigenvalue weighted by molar-refractivity contribution is 0.602. The second-order valence-corrected chi connectivity index (χ2v) is 4.22. The number of rotatable bonds is 3. The zero-order valence-corrected chi connectivity index (χ0v) is 8.36. The Morgan fingerprint density at radius 1 is 1.45 bits per heavy atom. The van der Waals surface area contributed by atoms with Gasteiger partial charge in [-0.1, -0.05) is 18.2 Å². The Balaban J connectivity index is 4.19. The third-order valence-electron chi connectivity index (χ3n) is 1.36. The van der Waals surface area contributed by atoms with E-state index < -0.39 is 11.4 Å². The normalized spacial score (nSPS) is 15.3. The number of nitrogens with zero attached hydrogens (tertiary/aromatic N) is 1. The molecule has 0 amide bonds. The van der Waals surface area contributed by atoms with E-state index in [9.17, 15) is 4.55 Å². The van der Waals surface area contributed by atoms with Crippen LogP contribution in [0.2, 0.25) is 0 Å². The summed E-state index contributed by atoms with van der Waals surface area (Å²) in [6.07, 6.45) is 0. The van der Waals surface area contributed by atoms with Gasteiger partial charge in [0.2, 0.25) is 0 Å². The van der Waals surface area contributed by atoms with Crippen LogP contribution >= 0.6 is 0 Å². The van der Waals surface area contributed by atoms with Crippen LogP contribution in [0.5, 0.6) is 0 Å². The van der Waals surface area contributed by atoms with Gasteiger partial charge in [0, 0.05) is 6.92 Å². The number of allylic oxidation sites excluding steroid dienone is 1. The van der Waals surface area contributed by atoms with E-state index in [2.05, 4.69) is 11.0 Å². The van der Waals surface area contributed by atoms with Crippen molar-refractivity contribution in [2.24, 2.45) is 10.3 Å². The molecule has 0 aliphatic carbocycles. The summed E-state index contributed by atoms with van der Waals surface area (Å²) in [6.45, 7) is 11.2. The molecule has 0 aliphatic heterocycles. The van der Waals surface area contributed by atoms with Crippen molar-refractivity contribution >= 4 is 17.1 Å². The zero-order chi connectivity index (χ0) is 9.02. The molecule has 0 rings (SSSR count). The molecule has 2 nitrogen and oxygen atoms in total. The lowest BCUT2D eigenvalue weighted by atomic mass is 10.1. The minimum Gasteiger partial charge on any atom is -0.586 e. The fraction of sp³-hybridized carbons (Fsp3) is 0.625. The molecule has 0 spiro atoms. The molecule has 0 radical (unpaired) electrons. The molecule has 0 aromatic rings. The van der Waals surface area contributed by atoms with Crippen molar-refractivity contribution in [3.8, 4) is 0 Å². The second-order valence-electron chi connectivity index (χ2n) is 2.84. The average molecular weight is 173 g/mol.